The first-order valence-corrected chi connectivity index (χ1v) is 9.78. The van der Waals surface area contributed by atoms with E-state index in [2.05, 4.69) is 10.3 Å². The van der Waals surface area contributed by atoms with Crippen molar-refractivity contribution in [3.05, 3.63) is 39.8 Å². The molecule has 5 nitrogen and oxygen atoms in total. The summed E-state index contributed by atoms with van der Waals surface area (Å²) in [5.41, 5.74) is -0.700. The maximum Gasteiger partial charge on any atom is 0.418 e. The van der Waals surface area contributed by atoms with Gasteiger partial charge < -0.3 is 5.32 Å². The molecule has 138 valence electrons. The van der Waals surface area contributed by atoms with Gasteiger partial charge in [0.25, 0.3) is 0 Å². The average Bonchev–Trinajstić information content (AvgIpc) is 2.95. The summed E-state index contributed by atoms with van der Waals surface area (Å²) < 4.78 is 62.5. The van der Waals surface area contributed by atoms with Crippen LogP contribution in [0.2, 0.25) is 0 Å². The molecule has 0 amide bonds. The van der Waals surface area contributed by atoms with Gasteiger partial charge in [-0.05, 0) is 25.1 Å². The van der Waals surface area contributed by atoms with Gasteiger partial charge in [-0.2, -0.15) is 13.2 Å². The minimum atomic E-state index is -4.73. The van der Waals surface area contributed by atoms with Crippen LogP contribution in [0, 0.1) is 0 Å². The maximum atomic E-state index is 13.3. The van der Waals surface area contributed by atoms with Gasteiger partial charge in [-0.25, -0.2) is 18.5 Å². The predicted octanol–water partition coefficient (Wildman–Crippen LogP) is 4.11. The van der Waals surface area contributed by atoms with E-state index >= 15 is 0 Å². The Labute approximate surface area is 148 Å². The number of nitrogens with zero attached hydrogens (tertiary/aromatic N) is 1. The minimum Gasteiger partial charge on any atom is -0.376 e. The van der Waals surface area contributed by atoms with Gasteiger partial charge in [0.05, 0.1) is 27.2 Å². The van der Waals surface area contributed by atoms with Gasteiger partial charge in [0.1, 0.15) is 0 Å². The number of rotatable bonds is 5. The van der Waals surface area contributed by atoms with Crippen LogP contribution in [0.15, 0.2) is 28.5 Å². The first kappa shape index (κ1) is 19.7. The maximum absolute atomic E-state index is 13.3. The van der Waals surface area contributed by atoms with E-state index in [1.54, 1.807) is 12.3 Å². The highest BCUT2D eigenvalue weighted by atomic mass is 32.2. The lowest BCUT2D eigenvalue weighted by molar-refractivity contribution is -0.137. The number of nitrogens with two attached hydrogens (primary N) is 1. The average molecular weight is 393 g/mol. The number of alkyl halides is 3. The smallest absolute Gasteiger partial charge is 0.376 e. The minimum absolute atomic E-state index is 0.228. The number of nitrogens with one attached hydrogen (secondary N) is 1. The summed E-state index contributed by atoms with van der Waals surface area (Å²) in [7, 11) is -4.23. The van der Waals surface area contributed by atoms with Gasteiger partial charge >= 0.3 is 6.18 Å². The molecule has 10 heteroatoms. The summed E-state index contributed by atoms with van der Waals surface area (Å²) in [6.07, 6.45) is -4.73. The lowest BCUT2D eigenvalue weighted by atomic mass is 10.1. The van der Waals surface area contributed by atoms with Crippen molar-refractivity contribution in [2.45, 2.75) is 43.8 Å². The van der Waals surface area contributed by atoms with Crippen LogP contribution >= 0.6 is 11.3 Å². The normalized spacial score (nSPS) is 13.9. The lowest BCUT2D eigenvalue weighted by Crippen LogP contribution is -2.17. The van der Waals surface area contributed by atoms with E-state index in [9.17, 15) is 21.6 Å². The second-order valence-electron chi connectivity index (χ2n) is 5.88. The number of sulfonamides is 1. The molecule has 2 aromatic rings. The number of anilines is 1. The van der Waals surface area contributed by atoms with Crippen LogP contribution in [0.4, 0.5) is 18.9 Å². The van der Waals surface area contributed by atoms with Crippen molar-refractivity contribution in [1.82, 2.24) is 4.98 Å². The first-order valence-electron chi connectivity index (χ1n) is 7.35. The van der Waals surface area contributed by atoms with E-state index < -0.39 is 32.7 Å². The molecule has 1 unspecified atom stereocenters. The summed E-state index contributed by atoms with van der Waals surface area (Å²) in [6.45, 7) is 5.65. The number of thiazole rings is 1. The van der Waals surface area contributed by atoms with Crippen molar-refractivity contribution in [3.8, 4) is 0 Å². The molecule has 0 aliphatic carbocycles. The zero-order valence-corrected chi connectivity index (χ0v) is 15.4. The molecule has 0 bridgehead atoms. The highest BCUT2D eigenvalue weighted by Gasteiger charge is 2.35. The van der Waals surface area contributed by atoms with Crippen LogP contribution in [0.3, 0.4) is 0 Å². The summed E-state index contributed by atoms with van der Waals surface area (Å²) in [6, 6.07) is 2.16. The molecule has 2 rings (SSSR count). The monoisotopic (exact) mass is 393 g/mol. The molecular formula is C15H18F3N3O2S2. The highest BCUT2D eigenvalue weighted by Crippen LogP contribution is 2.37. The van der Waals surface area contributed by atoms with Crippen molar-refractivity contribution in [1.29, 1.82) is 0 Å². The number of hydrogen-bond donors (Lipinski definition) is 2. The quantitative estimate of drug-likeness (QED) is 0.801. The van der Waals surface area contributed by atoms with Gasteiger partial charge in [-0.3, -0.25) is 0 Å². The van der Waals surface area contributed by atoms with Crippen LogP contribution in [0.5, 0.6) is 0 Å². The molecule has 3 N–H and O–H groups in total. The third-order valence-electron chi connectivity index (χ3n) is 3.47. The SMILES string of the molecule is CC(C)c1nc(C(C)Nc2ccc(S(N)(=O)=O)cc2C(F)(F)F)cs1. The summed E-state index contributed by atoms with van der Waals surface area (Å²) in [5, 5.41) is 10.4. The molecule has 0 aliphatic rings. The second kappa shape index (κ2) is 6.93. The molecule has 25 heavy (non-hydrogen) atoms. The molecular weight excluding hydrogens is 375 g/mol. The third kappa shape index (κ3) is 4.71. The Morgan fingerprint density at radius 1 is 1.24 bits per heavy atom. The van der Waals surface area contributed by atoms with Crippen LogP contribution < -0.4 is 10.5 Å². The molecule has 0 fully saturated rings. The van der Waals surface area contributed by atoms with Crippen LogP contribution in [-0.2, 0) is 16.2 Å². The van der Waals surface area contributed by atoms with E-state index in [-0.39, 0.29) is 11.6 Å². The van der Waals surface area contributed by atoms with E-state index in [1.807, 2.05) is 13.8 Å². The van der Waals surface area contributed by atoms with Gasteiger partial charge in [-0.1, -0.05) is 13.8 Å². The van der Waals surface area contributed by atoms with E-state index in [0.29, 0.717) is 11.8 Å². The molecule has 0 saturated carbocycles. The molecule has 1 aromatic carbocycles. The Morgan fingerprint density at radius 2 is 1.88 bits per heavy atom. The van der Waals surface area contributed by atoms with E-state index in [1.165, 1.54) is 11.3 Å². The summed E-state index contributed by atoms with van der Waals surface area (Å²) >= 11 is 1.44. The van der Waals surface area contributed by atoms with Crippen molar-refractivity contribution >= 4 is 27.0 Å². The van der Waals surface area contributed by atoms with Gasteiger partial charge in [-0.15, -0.1) is 11.3 Å². The lowest BCUT2D eigenvalue weighted by Gasteiger charge is -2.19. The van der Waals surface area contributed by atoms with Gasteiger partial charge in [0, 0.05) is 17.0 Å². The number of benzene rings is 1. The number of hydrogen-bond acceptors (Lipinski definition) is 5. The highest BCUT2D eigenvalue weighted by molar-refractivity contribution is 7.89. The zero-order chi connectivity index (χ0) is 19.0. The molecule has 1 aromatic heterocycles. The van der Waals surface area contributed by atoms with Crippen LogP contribution in [0.1, 0.15) is 49.0 Å². The van der Waals surface area contributed by atoms with Crippen molar-refractivity contribution in [2.24, 2.45) is 5.14 Å². The Balaban J connectivity index is 2.37. The van der Waals surface area contributed by atoms with Gasteiger partial charge in [0.15, 0.2) is 0 Å². The summed E-state index contributed by atoms with van der Waals surface area (Å²) in [4.78, 5) is 3.82. The van der Waals surface area contributed by atoms with E-state index in [4.69, 9.17) is 5.14 Å². The standard InChI is InChI=1S/C15H18F3N3O2S2/c1-8(2)14-21-13(7-24-14)9(3)20-12-5-4-10(25(19,22)23)6-11(12)15(16,17)18/h4-9,20H,1-3H3,(H2,19,22,23). The first-order chi connectivity index (χ1) is 11.4. The topological polar surface area (TPSA) is 85.1 Å². The fourth-order valence-electron chi connectivity index (χ4n) is 2.13. The molecule has 0 aliphatic heterocycles. The number of aromatic nitrogens is 1. The van der Waals surface area contributed by atoms with Crippen LogP contribution in [-0.4, -0.2) is 13.4 Å². The Kier molecular flexibility index (Phi) is 5.45. The second-order valence-corrected chi connectivity index (χ2v) is 8.33. The van der Waals surface area contributed by atoms with E-state index in [0.717, 1.165) is 17.1 Å². The fourth-order valence-corrected chi connectivity index (χ4v) is 3.60. The molecule has 1 heterocycles. The third-order valence-corrected chi connectivity index (χ3v) is 5.55. The van der Waals surface area contributed by atoms with Crippen LogP contribution in [0.25, 0.3) is 0 Å². The Hall–Kier alpha value is -1.65. The zero-order valence-electron chi connectivity index (χ0n) is 13.8. The van der Waals surface area contributed by atoms with Crippen molar-refractivity contribution in [2.75, 3.05) is 5.32 Å². The molecule has 0 saturated heterocycles. The predicted molar refractivity (Wildman–Crippen MR) is 91.1 cm³/mol. The largest absolute Gasteiger partial charge is 0.418 e. The number of halogens is 3. The number of primary sulfonamides is 1. The molecule has 0 radical (unpaired) electrons. The summed E-state index contributed by atoms with van der Waals surface area (Å²) in [5.74, 6) is 0.228. The molecule has 1 atom stereocenters. The van der Waals surface area contributed by atoms with Crippen molar-refractivity contribution < 1.29 is 21.6 Å². The van der Waals surface area contributed by atoms with Gasteiger partial charge in [0.2, 0.25) is 10.0 Å². The Morgan fingerprint density at radius 3 is 2.36 bits per heavy atom. The fraction of sp³-hybridized carbons (Fsp3) is 0.400. The van der Waals surface area contributed by atoms with Crippen molar-refractivity contribution in [3.63, 3.8) is 0 Å². The molecule has 0 spiro atoms. The Bertz CT molecular complexity index is 861.